The average molecular weight is 348 g/mol. The molecule has 25 heavy (non-hydrogen) atoms. The SMILES string of the molecule is CCN1C[C@]2(CC1=O)CN(Cc1ccco1)CCN(C(=O)N(C)C)C2. The predicted molar refractivity (Wildman–Crippen MR) is 93.9 cm³/mol. The number of nitrogens with zero attached hydrogens (tertiary/aromatic N) is 4. The van der Waals surface area contributed by atoms with Crippen molar-refractivity contribution < 1.29 is 14.0 Å². The highest BCUT2D eigenvalue weighted by atomic mass is 16.3. The predicted octanol–water partition coefficient (Wildman–Crippen LogP) is 1.32. The van der Waals surface area contributed by atoms with E-state index < -0.39 is 0 Å². The third-order valence-electron chi connectivity index (χ3n) is 5.17. The number of amides is 3. The van der Waals surface area contributed by atoms with Crippen LogP contribution in [-0.2, 0) is 11.3 Å². The lowest BCUT2D eigenvalue weighted by Gasteiger charge is -2.34. The summed E-state index contributed by atoms with van der Waals surface area (Å²) >= 11 is 0. The Labute approximate surface area is 149 Å². The molecular weight excluding hydrogens is 320 g/mol. The maximum atomic E-state index is 12.6. The number of urea groups is 1. The molecule has 2 aliphatic heterocycles. The highest BCUT2D eigenvalue weighted by Crippen LogP contribution is 2.35. The van der Waals surface area contributed by atoms with Crippen molar-refractivity contribution >= 4 is 11.9 Å². The Balaban J connectivity index is 1.82. The Morgan fingerprint density at radius 3 is 2.68 bits per heavy atom. The Hall–Kier alpha value is -2.02. The molecule has 1 aromatic heterocycles. The molecule has 3 amide bonds. The van der Waals surface area contributed by atoms with Gasteiger partial charge >= 0.3 is 6.03 Å². The van der Waals surface area contributed by atoms with Crippen LogP contribution in [0.15, 0.2) is 22.8 Å². The molecule has 1 spiro atoms. The monoisotopic (exact) mass is 348 g/mol. The molecule has 2 fully saturated rings. The molecular formula is C18H28N4O3. The zero-order valence-electron chi connectivity index (χ0n) is 15.4. The van der Waals surface area contributed by atoms with Crippen molar-refractivity contribution in [1.82, 2.24) is 19.6 Å². The molecule has 138 valence electrons. The van der Waals surface area contributed by atoms with Crippen LogP contribution in [0.2, 0.25) is 0 Å². The summed E-state index contributed by atoms with van der Waals surface area (Å²) < 4.78 is 5.50. The van der Waals surface area contributed by atoms with E-state index in [1.54, 1.807) is 25.3 Å². The molecule has 0 radical (unpaired) electrons. The second-order valence-electron chi connectivity index (χ2n) is 7.47. The normalized spacial score (nSPS) is 24.8. The van der Waals surface area contributed by atoms with Crippen LogP contribution in [0, 0.1) is 5.41 Å². The van der Waals surface area contributed by atoms with Crippen molar-refractivity contribution in [3.63, 3.8) is 0 Å². The Kier molecular flexibility index (Phi) is 5.03. The lowest BCUT2D eigenvalue weighted by Crippen LogP contribution is -2.47. The summed E-state index contributed by atoms with van der Waals surface area (Å²) in [6.07, 6.45) is 2.19. The van der Waals surface area contributed by atoms with Gasteiger partial charge in [0.05, 0.1) is 12.8 Å². The first-order chi connectivity index (χ1) is 11.9. The fraction of sp³-hybridized carbons (Fsp3) is 0.667. The average Bonchev–Trinajstić information content (AvgIpc) is 3.13. The fourth-order valence-corrected chi connectivity index (χ4v) is 4.03. The number of likely N-dealkylation sites (tertiary alicyclic amines) is 1. The molecule has 0 aromatic carbocycles. The quantitative estimate of drug-likeness (QED) is 0.827. The van der Waals surface area contributed by atoms with Gasteiger partial charge in [0, 0.05) is 65.2 Å². The van der Waals surface area contributed by atoms with E-state index in [4.69, 9.17) is 4.42 Å². The van der Waals surface area contributed by atoms with E-state index in [-0.39, 0.29) is 17.4 Å². The van der Waals surface area contributed by atoms with Gasteiger partial charge in [0.2, 0.25) is 5.91 Å². The number of rotatable bonds is 3. The summed E-state index contributed by atoms with van der Waals surface area (Å²) in [6.45, 7) is 7.03. The van der Waals surface area contributed by atoms with Crippen molar-refractivity contribution in [1.29, 1.82) is 0 Å². The maximum absolute atomic E-state index is 12.6. The molecule has 2 aliphatic rings. The topological polar surface area (TPSA) is 60.2 Å². The van der Waals surface area contributed by atoms with Gasteiger partial charge in [0.1, 0.15) is 5.76 Å². The van der Waals surface area contributed by atoms with Gasteiger partial charge in [-0.3, -0.25) is 9.69 Å². The summed E-state index contributed by atoms with van der Waals surface area (Å²) in [5, 5.41) is 0. The second-order valence-corrected chi connectivity index (χ2v) is 7.47. The van der Waals surface area contributed by atoms with Crippen LogP contribution in [-0.4, -0.2) is 84.9 Å². The van der Waals surface area contributed by atoms with E-state index in [0.29, 0.717) is 32.6 Å². The minimum atomic E-state index is -0.206. The fourth-order valence-electron chi connectivity index (χ4n) is 4.03. The van der Waals surface area contributed by atoms with Gasteiger partial charge in [-0.2, -0.15) is 0 Å². The molecule has 0 unspecified atom stereocenters. The van der Waals surface area contributed by atoms with E-state index in [0.717, 1.165) is 25.4 Å². The minimum absolute atomic E-state index is 0.0154. The van der Waals surface area contributed by atoms with E-state index in [1.807, 2.05) is 28.9 Å². The number of furan rings is 1. The molecule has 0 saturated carbocycles. The third-order valence-corrected chi connectivity index (χ3v) is 5.17. The van der Waals surface area contributed by atoms with Gasteiger partial charge in [-0.15, -0.1) is 0 Å². The third kappa shape index (κ3) is 3.81. The standard InChI is InChI=1S/C18H28N4O3/c1-4-21-13-18(10-16(21)23)12-20(11-15-6-5-9-25-15)7-8-22(14-18)17(24)19(2)3/h5-6,9H,4,7-8,10-14H2,1-3H3/t18-/m0/s1. The van der Waals surface area contributed by atoms with Crippen molar-refractivity contribution in [2.75, 3.05) is 53.4 Å². The van der Waals surface area contributed by atoms with Crippen LogP contribution in [0.3, 0.4) is 0 Å². The van der Waals surface area contributed by atoms with E-state index in [2.05, 4.69) is 4.90 Å². The van der Waals surface area contributed by atoms with Crippen LogP contribution in [0.4, 0.5) is 4.79 Å². The molecule has 3 rings (SSSR count). The zero-order valence-corrected chi connectivity index (χ0v) is 15.4. The second kappa shape index (κ2) is 7.07. The number of carbonyl (C=O) groups excluding carboxylic acids is 2. The molecule has 0 N–H and O–H groups in total. The van der Waals surface area contributed by atoms with Crippen LogP contribution >= 0.6 is 0 Å². The van der Waals surface area contributed by atoms with Gasteiger partial charge in [0.15, 0.2) is 0 Å². The first-order valence-electron chi connectivity index (χ1n) is 8.91. The molecule has 0 aliphatic carbocycles. The summed E-state index contributed by atoms with van der Waals surface area (Å²) in [5.41, 5.74) is -0.206. The summed E-state index contributed by atoms with van der Waals surface area (Å²) in [7, 11) is 3.55. The number of hydrogen-bond donors (Lipinski definition) is 0. The molecule has 2 saturated heterocycles. The zero-order chi connectivity index (χ0) is 18.0. The van der Waals surface area contributed by atoms with Crippen LogP contribution < -0.4 is 0 Å². The highest BCUT2D eigenvalue weighted by Gasteiger charge is 2.47. The molecule has 0 bridgehead atoms. The summed E-state index contributed by atoms with van der Waals surface area (Å²) in [6, 6.07) is 3.88. The maximum Gasteiger partial charge on any atom is 0.319 e. The first-order valence-corrected chi connectivity index (χ1v) is 8.91. The van der Waals surface area contributed by atoms with Gasteiger partial charge in [-0.05, 0) is 19.1 Å². The van der Waals surface area contributed by atoms with Crippen LogP contribution in [0.5, 0.6) is 0 Å². The lowest BCUT2D eigenvalue weighted by atomic mass is 9.86. The van der Waals surface area contributed by atoms with E-state index in [1.165, 1.54) is 0 Å². The highest BCUT2D eigenvalue weighted by molar-refractivity contribution is 5.80. The first kappa shape index (κ1) is 17.8. The van der Waals surface area contributed by atoms with E-state index >= 15 is 0 Å². The number of hydrogen-bond acceptors (Lipinski definition) is 4. The Bertz CT molecular complexity index is 616. The van der Waals surface area contributed by atoms with Gasteiger partial charge in [-0.25, -0.2) is 4.79 Å². The van der Waals surface area contributed by atoms with Crippen molar-refractivity contribution in [3.05, 3.63) is 24.2 Å². The number of carbonyl (C=O) groups is 2. The van der Waals surface area contributed by atoms with Crippen LogP contribution in [0.1, 0.15) is 19.1 Å². The smallest absolute Gasteiger partial charge is 0.319 e. The molecule has 1 atom stereocenters. The van der Waals surface area contributed by atoms with Gasteiger partial charge < -0.3 is 19.1 Å². The molecule has 7 nitrogen and oxygen atoms in total. The van der Waals surface area contributed by atoms with Crippen molar-refractivity contribution in [2.45, 2.75) is 19.9 Å². The molecule has 3 heterocycles. The van der Waals surface area contributed by atoms with E-state index in [9.17, 15) is 9.59 Å². The Morgan fingerprint density at radius 1 is 1.28 bits per heavy atom. The molecule has 1 aromatic rings. The molecule has 7 heteroatoms. The Morgan fingerprint density at radius 2 is 2.08 bits per heavy atom. The summed E-state index contributed by atoms with van der Waals surface area (Å²) in [4.78, 5) is 32.7. The summed E-state index contributed by atoms with van der Waals surface area (Å²) in [5.74, 6) is 1.11. The van der Waals surface area contributed by atoms with Crippen molar-refractivity contribution in [2.24, 2.45) is 5.41 Å². The largest absolute Gasteiger partial charge is 0.468 e. The van der Waals surface area contributed by atoms with Gasteiger partial charge in [-0.1, -0.05) is 0 Å². The van der Waals surface area contributed by atoms with Crippen LogP contribution in [0.25, 0.3) is 0 Å². The van der Waals surface area contributed by atoms with Crippen molar-refractivity contribution in [3.8, 4) is 0 Å². The lowest BCUT2D eigenvalue weighted by molar-refractivity contribution is -0.127. The van der Waals surface area contributed by atoms with Gasteiger partial charge in [0.25, 0.3) is 0 Å². The minimum Gasteiger partial charge on any atom is -0.468 e.